The second-order valence-electron chi connectivity index (χ2n) is 4.46. The van der Waals surface area contributed by atoms with Gasteiger partial charge < -0.3 is 10.6 Å². The van der Waals surface area contributed by atoms with Crippen LogP contribution in [0.2, 0.25) is 0 Å². The van der Waals surface area contributed by atoms with E-state index in [1.807, 2.05) is 0 Å². The van der Waals surface area contributed by atoms with Crippen molar-refractivity contribution < 1.29 is 0 Å². The van der Waals surface area contributed by atoms with E-state index >= 15 is 0 Å². The van der Waals surface area contributed by atoms with Gasteiger partial charge in [0.05, 0.1) is 0 Å². The van der Waals surface area contributed by atoms with Gasteiger partial charge in [-0.1, -0.05) is 25.8 Å². The molecule has 3 heteroatoms. The molecule has 0 aliphatic rings. The fraction of sp³-hybridized carbons (Fsp3) is 0.500. The molecule has 0 saturated carbocycles. The number of hydrogen-bond acceptors (Lipinski definition) is 1. The van der Waals surface area contributed by atoms with Crippen LogP contribution in [-0.4, -0.2) is 11.7 Å². The first-order valence-electron chi connectivity index (χ1n) is 6.25. The number of unbranched alkanes of at least 4 members (excludes halogenated alkanes) is 2. The van der Waals surface area contributed by atoms with Crippen molar-refractivity contribution in [2.24, 2.45) is 0 Å². The van der Waals surface area contributed by atoms with Crippen molar-refractivity contribution in [2.45, 2.75) is 40.0 Å². The maximum atomic E-state index is 5.25. The van der Waals surface area contributed by atoms with E-state index in [9.17, 15) is 0 Å². The van der Waals surface area contributed by atoms with Crippen molar-refractivity contribution in [1.82, 2.24) is 5.32 Å². The predicted octanol–water partition coefficient (Wildman–Crippen LogP) is 3.78. The van der Waals surface area contributed by atoms with Crippen molar-refractivity contribution in [3.63, 3.8) is 0 Å². The third-order valence-electron chi connectivity index (χ3n) is 2.55. The highest BCUT2D eigenvalue weighted by atomic mass is 32.1. The SMILES string of the molecule is CCCCCNC(=S)Nc1cc(C)cc(C)c1. The summed E-state index contributed by atoms with van der Waals surface area (Å²) in [4.78, 5) is 0. The van der Waals surface area contributed by atoms with Crippen LogP contribution in [0.3, 0.4) is 0 Å². The third-order valence-corrected chi connectivity index (χ3v) is 2.79. The van der Waals surface area contributed by atoms with Crippen molar-refractivity contribution in [3.8, 4) is 0 Å². The number of nitrogens with one attached hydrogen (secondary N) is 2. The van der Waals surface area contributed by atoms with Gasteiger partial charge in [-0.2, -0.15) is 0 Å². The quantitative estimate of drug-likeness (QED) is 0.614. The molecule has 1 aromatic rings. The first-order chi connectivity index (χ1) is 8.11. The van der Waals surface area contributed by atoms with Crippen LogP contribution in [0.4, 0.5) is 5.69 Å². The highest BCUT2D eigenvalue weighted by molar-refractivity contribution is 7.80. The monoisotopic (exact) mass is 250 g/mol. The molecule has 0 saturated heterocycles. The summed E-state index contributed by atoms with van der Waals surface area (Å²) < 4.78 is 0. The Morgan fingerprint density at radius 2 is 1.76 bits per heavy atom. The molecule has 0 spiro atoms. The molecule has 94 valence electrons. The molecule has 0 aliphatic heterocycles. The molecule has 1 aromatic carbocycles. The highest BCUT2D eigenvalue weighted by Crippen LogP contribution is 2.13. The van der Waals surface area contributed by atoms with Crippen LogP contribution in [0.1, 0.15) is 37.3 Å². The molecule has 2 nitrogen and oxygen atoms in total. The van der Waals surface area contributed by atoms with Gasteiger partial charge >= 0.3 is 0 Å². The minimum Gasteiger partial charge on any atom is -0.362 e. The van der Waals surface area contributed by atoms with E-state index in [0.29, 0.717) is 5.11 Å². The fourth-order valence-electron chi connectivity index (χ4n) is 1.80. The van der Waals surface area contributed by atoms with Gasteiger partial charge in [-0.3, -0.25) is 0 Å². The van der Waals surface area contributed by atoms with E-state index in [1.165, 1.54) is 30.4 Å². The van der Waals surface area contributed by atoms with Crippen LogP contribution in [0, 0.1) is 13.8 Å². The third kappa shape index (κ3) is 5.68. The van der Waals surface area contributed by atoms with E-state index < -0.39 is 0 Å². The number of benzene rings is 1. The largest absolute Gasteiger partial charge is 0.362 e. The summed E-state index contributed by atoms with van der Waals surface area (Å²) in [7, 11) is 0. The van der Waals surface area contributed by atoms with Crippen LogP contribution in [0.5, 0.6) is 0 Å². The highest BCUT2D eigenvalue weighted by Gasteiger charge is 1.98. The smallest absolute Gasteiger partial charge is 0.170 e. The lowest BCUT2D eigenvalue weighted by Crippen LogP contribution is -2.29. The minimum atomic E-state index is 0.714. The lowest BCUT2D eigenvalue weighted by atomic mass is 10.1. The number of rotatable bonds is 5. The molecule has 0 amide bonds. The number of thiocarbonyl (C=S) groups is 1. The van der Waals surface area contributed by atoms with E-state index in [2.05, 4.69) is 49.6 Å². The Balaban J connectivity index is 2.39. The van der Waals surface area contributed by atoms with Gasteiger partial charge in [-0.05, 0) is 55.7 Å². The Labute approximate surface area is 110 Å². The summed E-state index contributed by atoms with van der Waals surface area (Å²) in [6, 6.07) is 6.36. The predicted molar refractivity (Wildman–Crippen MR) is 79.7 cm³/mol. The molecule has 0 fully saturated rings. The lowest BCUT2D eigenvalue weighted by molar-refractivity contribution is 0.698. The van der Waals surface area contributed by atoms with Gasteiger partial charge in [-0.25, -0.2) is 0 Å². The van der Waals surface area contributed by atoms with E-state index in [1.54, 1.807) is 0 Å². The average molecular weight is 250 g/mol. The second-order valence-corrected chi connectivity index (χ2v) is 4.87. The van der Waals surface area contributed by atoms with Crippen LogP contribution in [0.25, 0.3) is 0 Å². The average Bonchev–Trinajstić information content (AvgIpc) is 2.23. The summed E-state index contributed by atoms with van der Waals surface area (Å²) in [5.74, 6) is 0. The molecule has 0 heterocycles. The van der Waals surface area contributed by atoms with Crippen molar-refractivity contribution in [1.29, 1.82) is 0 Å². The molecule has 0 atom stereocenters. The zero-order valence-electron chi connectivity index (χ0n) is 11.0. The van der Waals surface area contributed by atoms with Crippen molar-refractivity contribution >= 4 is 23.0 Å². The molecular weight excluding hydrogens is 228 g/mol. The van der Waals surface area contributed by atoms with Crippen LogP contribution < -0.4 is 10.6 Å². The summed E-state index contributed by atoms with van der Waals surface area (Å²) in [6.07, 6.45) is 3.66. The topological polar surface area (TPSA) is 24.1 Å². The van der Waals surface area contributed by atoms with Gasteiger partial charge in [0.1, 0.15) is 0 Å². The summed E-state index contributed by atoms with van der Waals surface area (Å²) in [5.41, 5.74) is 3.57. The number of anilines is 1. The number of aryl methyl sites for hydroxylation is 2. The first kappa shape index (κ1) is 14.0. The van der Waals surface area contributed by atoms with Crippen molar-refractivity contribution in [2.75, 3.05) is 11.9 Å². The van der Waals surface area contributed by atoms with Gasteiger partial charge in [0.15, 0.2) is 5.11 Å². The standard InChI is InChI=1S/C14H22N2S/c1-4-5-6-7-15-14(17)16-13-9-11(2)8-12(3)10-13/h8-10H,4-7H2,1-3H3,(H2,15,16,17). The van der Waals surface area contributed by atoms with E-state index in [-0.39, 0.29) is 0 Å². The van der Waals surface area contributed by atoms with Crippen LogP contribution >= 0.6 is 12.2 Å². The van der Waals surface area contributed by atoms with E-state index in [0.717, 1.165) is 12.2 Å². The fourth-order valence-corrected chi connectivity index (χ4v) is 2.02. The Morgan fingerprint density at radius 3 is 2.35 bits per heavy atom. The zero-order valence-corrected chi connectivity index (χ0v) is 11.8. The maximum absolute atomic E-state index is 5.25. The maximum Gasteiger partial charge on any atom is 0.170 e. The van der Waals surface area contributed by atoms with E-state index in [4.69, 9.17) is 12.2 Å². The summed E-state index contributed by atoms with van der Waals surface area (Å²) >= 11 is 5.25. The Morgan fingerprint density at radius 1 is 1.12 bits per heavy atom. The normalized spacial score (nSPS) is 10.1. The molecular formula is C14H22N2S. The van der Waals surface area contributed by atoms with Crippen LogP contribution in [0.15, 0.2) is 18.2 Å². The van der Waals surface area contributed by atoms with Gasteiger partial charge in [0.2, 0.25) is 0 Å². The van der Waals surface area contributed by atoms with Gasteiger partial charge in [0, 0.05) is 12.2 Å². The molecule has 0 radical (unpaired) electrons. The molecule has 2 N–H and O–H groups in total. The Bertz CT molecular complexity index is 354. The van der Waals surface area contributed by atoms with Crippen molar-refractivity contribution in [3.05, 3.63) is 29.3 Å². The molecule has 1 rings (SSSR count). The molecule has 0 unspecified atom stereocenters. The van der Waals surface area contributed by atoms with Gasteiger partial charge in [0.25, 0.3) is 0 Å². The minimum absolute atomic E-state index is 0.714. The first-order valence-corrected chi connectivity index (χ1v) is 6.66. The lowest BCUT2D eigenvalue weighted by Gasteiger charge is -2.11. The Hall–Kier alpha value is -1.09. The second kappa shape index (κ2) is 7.28. The molecule has 0 bridgehead atoms. The molecule has 17 heavy (non-hydrogen) atoms. The summed E-state index contributed by atoms with van der Waals surface area (Å²) in [6.45, 7) is 7.34. The molecule has 0 aliphatic carbocycles. The van der Waals surface area contributed by atoms with Gasteiger partial charge in [-0.15, -0.1) is 0 Å². The Kier molecular flexibility index (Phi) is 5.98. The van der Waals surface area contributed by atoms with Crippen LogP contribution in [-0.2, 0) is 0 Å². The number of hydrogen-bond donors (Lipinski definition) is 2. The summed E-state index contributed by atoms with van der Waals surface area (Å²) in [5, 5.41) is 7.16. The molecule has 0 aromatic heterocycles. The zero-order chi connectivity index (χ0) is 12.7.